The Bertz CT molecular complexity index is 4490. The van der Waals surface area contributed by atoms with Crippen LogP contribution in [-0.4, -0.2) is 177 Å². The molecule has 0 bridgehead atoms. The van der Waals surface area contributed by atoms with E-state index >= 15 is 28.8 Å². The van der Waals surface area contributed by atoms with Gasteiger partial charge in [0.15, 0.2) is 0 Å². The zero-order valence-corrected chi connectivity index (χ0v) is 76.1. The topological polar surface area (TPSA) is 412 Å². The third-order valence-electron chi connectivity index (χ3n) is 18.1. The molecular weight excluding hydrogens is 1590 g/mol. The van der Waals surface area contributed by atoms with Crippen molar-refractivity contribution in [3.05, 3.63) is 149 Å². The van der Waals surface area contributed by atoms with Gasteiger partial charge in [0.1, 0.15) is 111 Å². The van der Waals surface area contributed by atoms with Gasteiger partial charge in [0.05, 0.1) is 12.8 Å². The number of hydrogen-bond acceptors (Lipinski definition) is 21. The number of rotatable bonds is 39. The highest BCUT2D eigenvalue weighted by atomic mass is 16.6. The number of benzene rings is 5. The lowest BCUT2D eigenvalue weighted by Gasteiger charge is -2.29. The van der Waals surface area contributed by atoms with Crippen LogP contribution in [0.3, 0.4) is 0 Å². The van der Waals surface area contributed by atoms with Crippen molar-refractivity contribution in [3.8, 4) is 28.4 Å². The molecule has 0 spiro atoms. The first kappa shape index (κ1) is 101. The van der Waals surface area contributed by atoms with E-state index in [2.05, 4.69) is 42.5 Å². The predicted molar refractivity (Wildman–Crippen MR) is 465 cm³/mol. The predicted octanol–water partition coefficient (Wildman–Crippen LogP) is 11.4. The number of carbonyl (C=O) groups is 13. The maximum atomic E-state index is 15.6. The van der Waals surface area contributed by atoms with E-state index in [4.69, 9.17) is 37.9 Å². The molecule has 0 radical (unpaired) electrons. The highest BCUT2D eigenvalue weighted by molar-refractivity contribution is 5.99. The van der Waals surface area contributed by atoms with Crippen molar-refractivity contribution >= 4 is 77.3 Å². The van der Waals surface area contributed by atoms with Gasteiger partial charge in [-0.15, -0.1) is 0 Å². The summed E-state index contributed by atoms with van der Waals surface area (Å²) in [6, 6.07) is 21.3. The summed E-state index contributed by atoms with van der Waals surface area (Å²) < 4.78 is 46.4. The molecule has 124 heavy (non-hydrogen) atoms. The van der Waals surface area contributed by atoms with Gasteiger partial charge in [0, 0.05) is 38.0 Å². The van der Waals surface area contributed by atoms with E-state index in [9.17, 15) is 38.7 Å². The molecule has 30 heteroatoms. The molecule has 5 aromatic rings. The van der Waals surface area contributed by atoms with Crippen LogP contribution >= 0.6 is 0 Å². The molecule has 6 rings (SSSR count). The lowest BCUT2D eigenvalue weighted by atomic mass is 9.98. The van der Waals surface area contributed by atoms with E-state index in [0.717, 1.165) is 22.3 Å². The van der Waals surface area contributed by atoms with Crippen molar-refractivity contribution in [2.75, 3.05) is 6.61 Å². The average molecular weight is 1720 g/mol. The second-order valence-corrected chi connectivity index (χ2v) is 38.4. The lowest BCUT2D eigenvalue weighted by Crippen LogP contribution is -2.61. The Morgan fingerprint density at radius 2 is 0.597 bits per heavy atom. The van der Waals surface area contributed by atoms with Crippen molar-refractivity contribution in [1.82, 2.24) is 42.5 Å². The number of fused-ring (bicyclic) bond motifs is 3. The third kappa shape index (κ3) is 36.5. The second-order valence-electron chi connectivity index (χ2n) is 38.4. The molecule has 9 N–H and O–H groups in total. The van der Waals surface area contributed by atoms with E-state index in [1.54, 1.807) is 170 Å². The van der Waals surface area contributed by atoms with Gasteiger partial charge in [-0.25, -0.2) is 9.59 Å². The number of carboxylic acid groups (broad SMARTS) is 1. The highest BCUT2D eigenvalue weighted by Crippen LogP contribution is 2.44. The number of ether oxygens (including phenoxy) is 8. The first-order chi connectivity index (χ1) is 57.3. The third-order valence-corrected chi connectivity index (χ3v) is 18.1. The van der Waals surface area contributed by atoms with Gasteiger partial charge in [-0.1, -0.05) is 98.8 Å². The van der Waals surface area contributed by atoms with Gasteiger partial charge in [0.25, 0.3) is 0 Å². The number of hydrogen-bond donors (Lipinski definition) is 9. The molecule has 0 saturated heterocycles. The average Bonchev–Trinajstić information content (AvgIpc) is 1.61. The molecule has 8 amide bonds. The highest BCUT2D eigenvalue weighted by Gasteiger charge is 2.40. The molecule has 0 saturated carbocycles. The van der Waals surface area contributed by atoms with E-state index in [1.807, 2.05) is 111 Å². The van der Waals surface area contributed by atoms with E-state index in [0.29, 0.717) is 33.9 Å². The number of carboxylic acids is 1. The van der Waals surface area contributed by atoms with Crippen LogP contribution in [0.4, 0.5) is 4.79 Å². The molecule has 1 aliphatic carbocycles. The number of carbonyl (C=O) groups excluding carboxylic acids is 12. The molecule has 0 heterocycles. The molecule has 678 valence electrons. The summed E-state index contributed by atoms with van der Waals surface area (Å²) in [5, 5.41) is 31.5. The Labute approximate surface area is 728 Å². The maximum absolute atomic E-state index is 15.6. The second kappa shape index (κ2) is 43.6. The van der Waals surface area contributed by atoms with Crippen LogP contribution in [0.5, 0.6) is 17.2 Å². The number of alkyl carbamates (subject to hydrolysis) is 1. The number of aliphatic carboxylic acids is 1. The van der Waals surface area contributed by atoms with Crippen LogP contribution in [-0.2, 0) is 100 Å². The van der Waals surface area contributed by atoms with Crippen molar-refractivity contribution in [2.45, 2.75) is 317 Å². The SMILES string of the molecule is CC(C)C[C@H](NC(=O)[C@H](Cc1ccc(OC(C)(C)C)cc1)NC(=O)[C@H](CCC(=O)OC(C)(C)C)NC(=O)[C@H](Cc1ccc(OC(C)(C)C)cc1)NC(=O)[C@H](CCC(=O)OC(C)(C)C)NC(=O)OCC1c2ccccc2-c2ccccc21)C(=O)N[C@@H](CC(=O)OC(C)(C)C)C(=O)N[C@@H](Cc1ccc(OC(C)(C)C)cc1)C(=O)N[C@@H](CC(=O)OC(C)(C)C)C(=O)O. The van der Waals surface area contributed by atoms with Crippen LogP contribution in [0.2, 0.25) is 0 Å². The molecule has 0 fully saturated rings. The smallest absolute Gasteiger partial charge is 0.407 e. The van der Waals surface area contributed by atoms with E-state index in [1.165, 1.54) is 0 Å². The number of amides is 8. The van der Waals surface area contributed by atoms with Gasteiger partial charge in [-0.05, 0) is 246 Å². The largest absolute Gasteiger partial charge is 0.488 e. The fraction of sp³-hybridized carbons (Fsp3) is 0.543. The van der Waals surface area contributed by atoms with Crippen LogP contribution in [0.1, 0.15) is 238 Å². The zero-order valence-electron chi connectivity index (χ0n) is 76.1. The van der Waals surface area contributed by atoms with E-state index < -0.39 is 203 Å². The van der Waals surface area contributed by atoms with Crippen molar-refractivity contribution in [3.63, 3.8) is 0 Å². The fourth-order valence-electron chi connectivity index (χ4n) is 13.2. The lowest BCUT2D eigenvalue weighted by molar-refractivity contribution is -0.159. The van der Waals surface area contributed by atoms with Crippen LogP contribution in [0.15, 0.2) is 121 Å². The summed E-state index contributed by atoms with van der Waals surface area (Å²) in [4.78, 5) is 188. The Morgan fingerprint density at radius 1 is 0.323 bits per heavy atom. The van der Waals surface area contributed by atoms with Gasteiger partial charge in [-0.2, -0.15) is 0 Å². The Balaban J connectivity index is 1.40. The zero-order chi connectivity index (χ0) is 92.8. The molecule has 1 aliphatic rings. The van der Waals surface area contributed by atoms with Crippen molar-refractivity contribution in [1.29, 1.82) is 0 Å². The van der Waals surface area contributed by atoms with Gasteiger partial charge >= 0.3 is 35.9 Å². The number of esters is 4. The molecule has 0 aliphatic heterocycles. The maximum Gasteiger partial charge on any atom is 0.407 e. The minimum absolute atomic E-state index is 0.152. The van der Waals surface area contributed by atoms with Gasteiger partial charge in [0.2, 0.25) is 41.4 Å². The summed E-state index contributed by atoms with van der Waals surface area (Å²) in [5.41, 5.74) is -0.959. The molecular formula is C94H130N8O22. The minimum Gasteiger partial charge on any atom is -0.488 e. The Kier molecular flexibility index (Phi) is 35.6. The van der Waals surface area contributed by atoms with Crippen LogP contribution in [0.25, 0.3) is 11.1 Å². The monoisotopic (exact) mass is 1720 g/mol. The van der Waals surface area contributed by atoms with Crippen molar-refractivity contribution < 1.29 is 105 Å². The fourth-order valence-corrected chi connectivity index (χ4v) is 13.2. The summed E-state index contributed by atoms with van der Waals surface area (Å²) in [5.74, 6) is -11.9. The molecule has 5 aromatic carbocycles. The Morgan fingerprint density at radius 3 is 0.927 bits per heavy atom. The summed E-state index contributed by atoms with van der Waals surface area (Å²) >= 11 is 0. The summed E-state index contributed by atoms with van der Waals surface area (Å²) in [6.07, 6.45) is -5.60. The quantitative estimate of drug-likeness (QED) is 0.0130. The van der Waals surface area contributed by atoms with Gasteiger partial charge < -0.3 is 85.5 Å². The Hall–Kier alpha value is -11.6. The first-order valence-electron chi connectivity index (χ1n) is 42.0. The van der Waals surface area contributed by atoms with Crippen molar-refractivity contribution in [2.24, 2.45) is 5.92 Å². The molecule has 30 nitrogen and oxygen atoms in total. The summed E-state index contributed by atoms with van der Waals surface area (Å²) in [7, 11) is 0. The molecule has 8 atom stereocenters. The standard InChI is InChI=1S/C94H130N8O22/c1-55(2)48-69(81(109)100-73(52-77(105)123-93(18,19)20)85(113)99-72(51-58-36-42-61(43-37-58)120-90(9,10)11)84(112)101-74(86(114)115)53-78(106)124-94(21,22)23)96-83(111)71(50-57-34-40-60(41-35-57)119-89(6,7)8)97-79(107)67(44-46-75(103)121-91(12,13)14)95-82(110)70(49-56-32-38-59(39-33-56)118-88(3,4)5)98-80(108)68(45-47-76(104)122-92(15,16)17)102-87(116)117-54-66-64-30-26-24-28-62(64)63-29-25-27-31-65(63)66/h24-43,55,66-74H,44-54H2,1-23H3,(H,95,110)(H,96,111)(H,97,107)(H,98,108)(H,99,113)(H,100,109)(H,101,112)(H,102,116)(H,114,115)/t67-,68-,69-,70-,71-,72-,73-,74-/m0/s1. The normalized spacial score (nSPS) is 14.4. The van der Waals surface area contributed by atoms with E-state index in [-0.39, 0.29) is 44.6 Å². The molecule has 0 unspecified atom stereocenters. The van der Waals surface area contributed by atoms with Crippen LogP contribution in [0, 0.1) is 5.92 Å². The first-order valence-corrected chi connectivity index (χ1v) is 42.0. The van der Waals surface area contributed by atoms with Crippen LogP contribution < -0.4 is 56.7 Å². The number of nitrogens with one attached hydrogen (secondary N) is 8. The van der Waals surface area contributed by atoms with Gasteiger partial charge in [-0.3, -0.25) is 52.7 Å². The minimum atomic E-state index is -1.90. The summed E-state index contributed by atoms with van der Waals surface area (Å²) in [6.45, 7) is 39.2. The molecule has 0 aromatic heterocycles.